The summed E-state index contributed by atoms with van der Waals surface area (Å²) in [7, 11) is -6.75. The van der Waals surface area contributed by atoms with Crippen molar-refractivity contribution >= 4 is 31.5 Å². The molecule has 8 heteroatoms. The minimum atomic E-state index is -3.51. The van der Waals surface area contributed by atoms with Crippen molar-refractivity contribution < 1.29 is 16.8 Å². The van der Waals surface area contributed by atoms with Crippen molar-refractivity contribution in [2.24, 2.45) is 5.41 Å². The summed E-state index contributed by atoms with van der Waals surface area (Å²) in [6, 6.07) is 0. The van der Waals surface area contributed by atoms with Gasteiger partial charge in [-0.2, -0.15) is 0 Å². The van der Waals surface area contributed by atoms with Gasteiger partial charge in [0.05, 0.1) is 11.5 Å². The zero-order chi connectivity index (χ0) is 12.4. The summed E-state index contributed by atoms with van der Waals surface area (Å²) in [5.41, 5.74) is -0.0975. The SMILES string of the molecule is CS(=O)(=O)CCS(=O)(=O)NCC1(CCl)CC1. The second-order valence-electron chi connectivity index (χ2n) is 4.40. The van der Waals surface area contributed by atoms with E-state index in [9.17, 15) is 16.8 Å². The van der Waals surface area contributed by atoms with E-state index in [1.807, 2.05) is 0 Å². The molecule has 1 N–H and O–H groups in total. The second-order valence-corrected chi connectivity index (χ2v) is 8.86. The summed E-state index contributed by atoms with van der Waals surface area (Å²) in [4.78, 5) is 0. The summed E-state index contributed by atoms with van der Waals surface area (Å²) in [5.74, 6) is -0.304. The van der Waals surface area contributed by atoms with Crippen LogP contribution in [0.2, 0.25) is 0 Å². The van der Waals surface area contributed by atoms with Crippen molar-refractivity contribution in [1.29, 1.82) is 0 Å². The zero-order valence-corrected chi connectivity index (χ0v) is 11.5. The molecule has 0 aromatic carbocycles. The maximum Gasteiger partial charge on any atom is 0.212 e. The lowest BCUT2D eigenvalue weighted by Gasteiger charge is -2.12. The average molecular weight is 290 g/mol. The topological polar surface area (TPSA) is 80.3 Å². The summed E-state index contributed by atoms with van der Waals surface area (Å²) in [6.45, 7) is 0.308. The van der Waals surface area contributed by atoms with Crippen LogP contribution in [-0.4, -0.2) is 47.0 Å². The van der Waals surface area contributed by atoms with E-state index in [-0.39, 0.29) is 16.9 Å². The van der Waals surface area contributed by atoms with E-state index in [1.165, 1.54) is 0 Å². The van der Waals surface area contributed by atoms with Gasteiger partial charge in [0.25, 0.3) is 0 Å². The van der Waals surface area contributed by atoms with Crippen LogP contribution in [-0.2, 0) is 19.9 Å². The fourth-order valence-electron chi connectivity index (χ4n) is 1.13. The fourth-order valence-corrected chi connectivity index (χ4v) is 4.25. The average Bonchev–Trinajstić information content (AvgIpc) is 2.92. The normalized spacial score (nSPS) is 19.6. The molecule has 1 saturated carbocycles. The lowest BCUT2D eigenvalue weighted by Crippen LogP contribution is -2.34. The number of alkyl halides is 1. The summed E-state index contributed by atoms with van der Waals surface area (Å²) in [5, 5.41) is 0. The molecule has 0 heterocycles. The molecule has 0 aromatic rings. The molecule has 5 nitrogen and oxygen atoms in total. The lowest BCUT2D eigenvalue weighted by molar-refractivity contribution is 0.535. The number of halogens is 1. The van der Waals surface area contributed by atoms with Crippen LogP contribution < -0.4 is 4.72 Å². The van der Waals surface area contributed by atoms with Gasteiger partial charge in [-0.05, 0) is 18.3 Å². The van der Waals surface area contributed by atoms with Gasteiger partial charge in [0.1, 0.15) is 9.84 Å². The molecular formula is C8H16ClNO4S2. The molecule has 0 atom stereocenters. The Hall–Kier alpha value is 0.150. The zero-order valence-electron chi connectivity index (χ0n) is 9.07. The van der Waals surface area contributed by atoms with Crippen molar-refractivity contribution in [3.8, 4) is 0 Å². The number of sulfone groups is 1. The third-order valence-electron chi connectivity index (χ3n) is 2.63. The van der Waals surface area contributed by atoms with E-state index in [2.05, 4.69) is 4.72 Å². The Morgan fingerprint density at radius 2 is 1.75 bits per heavy atom. The molecule has 0 spiro atoms. The van der Waals surface area contributed by atoms with E-state index in [0.717, 1.165) is 19.1 Å². The quantitative estimate of drug-likeness (QED) is 0.668. The highest BCUT2D eigenvalue weighted by Gasteiger charge is 2.42. The molecule has 96 valence electrons. The number of hydrogen-bond donors (Lipinski definition) is 1. The van der Waals surface area contributed by atoms with Crippen LogP contribution in [0.4, 0.5) is 0 Å². The minimum absolute atomic E-state index is 0.0975. The van der Waals surface area contributed by atoms with Crippen molar-refractivity contribution in [3.63, 3.8) is 0 Å². The van der Waals surface area contributed by atoms with Crippen LogP contribution in [0, 0.1) is 5.41 Å². The first kappa shape index (κ1) is 14.2. The van der Waals surface area contributed by atoms with Gasteiger partial charge in [0, 0.05) is 18.7 Å². The summed E-state index contributed by atoms with van der Waals surface area (Å²) in [6.07, 6.45) is 2.86. The predicted molar refractivity (Wildman–Crippen MR) is 63.9 cm³/mol. The highest BCUT2D eigenvalue weighted by molar-refractivity contribution is 7.93. The van der Waals surface area contributed by atoms with Gasteiger partial charge >= 0.3 is 0 Å². The monoisotopic (exact) mass is 289 g/mol. The molecule has 0 saturated heterocycles. The van der Waals surface area contributed by atoms with E-state index in [0.29, 0.717) is 12.4 Å². The molecule has 1 fully saturated rings. The molecule has 1 aliphatic rings. The van der Waals surface area contributed by atoms with Gasteiger partial charge in [-0.25, -0.2) is 21.6 Å². The molecule has 0 aliphatic heterocycles. The molecule has 16 heavy (non-hydrogen) atoms. The Balaban J connectivity index is 2.41. The Bertz CT molecular complexity index is 439. The van der Waals surface area contributed by atoms with Crippen LogP contribution >= 0.6 is 11.6 Å². The number of rotatable bonds is 7. The van der Waals surface area contributed by atoms with Crippen molar-refractivity contribution in [2.45, 2.75) is 12.8 Å². The molecule has 1 rings (SSSR count). The Kier molecular flexibility index (Phi) is 4.26. The van der Waals surface area contributed by atoms with Crippen LogP contribution in [0.15, 0.2) is 0 Å². The number of nitrogens with one attached hydrogen (secondary N) is 1. The van der Waals surface area contributed by atoms with Gasteiger partial charge < -0.3 is 0 Å². The second kappa shape index (κ2) is 4.80. The maximum atomic E-state index is 11.4. The summed E-state index contributed by atoms with van der Waals surface area (Å²) < 4.78 is 47.0. The number of sulfonamides is 1. The highest BCUT2D eigenvalue weighted by Crippen LogP contribution is 2.45. The van der Waals surface area contributed by atoms with E-state index in [4.69, 9.17) is 11.6 Å². The third kappa shape index (κ3) is 4.99. The van der Waals surface area contributed by atoms with Gasteiger partial charge in [0.15, 0.2) is 0 Å². The molecule has 0 amide bonds. The van der Waals surface area contributed by atoms with Gasteiger partial charge in [-0.3, -0.25) is 0 Å². The molecule has 1 aliphatic carbocycles. The molecule has 0 aromatic heterocycles. The Morgan fingerprint density at radius 3 is 2.12 bits per heavy atom. The standard InChI is InChI=1S/C8H16ClNO4S2/c1-15(11,12)4-5-16(13,14)10-7-8(6-9)2-3-8/h10H,2-7H2,1H3. The molecule has 0 unspecified atom stereocenters. The smallest absolute Gasteiger partial charge is 0.212 e. The van der Waals surface area contributed by atoms with Crippen molar-refractivity contribution in [3.05, 3.63) is 0 Å². The summed E-state index contributed by atoms with van der Waals surface area (Å²) >= 11 is 5.70. The van der Waals surface area contributed by atoms with E-state index < -0.39 is 19.9 Å². The largest absolute Gasteiger partial charge is 0.229 e. The third-order valence-corrected chi connectivity index (χ3v) is 5.73. The lowest BCUT2D eigenvalue weighted by atomic mass is 10.1. The molecular weight excluding hydrogens is 274 g/mol. The van der Waals surface area contributed by atoms with Crippen LogP contribution in [0.5, 0.6) is 0 Å². The van der Waals surface area contributed by atoms with Crippen molar-refractivity contribution in [2.75, 3.05) is 30.2 Å². The number of hydrogen-bond acceptors (Lipinski definition) is 4. The van der Waals surface area contributed by atoms with Crippen LogP contribution in [0.1, 0.15) is 12.8 Å². The van der Waals surface area contributed by atoms with E-state index >= 15 is 0 Å². The first-order valence-corrected chi connectivity index (χ1v) is 9.14. The van der Waals surface area contributed by atoms with Gasteiger partial charge in [0.2, 0.25) is 10.0 Å². The minimum Gasteiger partial charge on any atom is -0.229 e. The fraction of sp³-hybridized carbons (Fsp3) is 1.00. The molecule has 0 radical (unpaired) electrons. The van der Waals surface area contributed by atoms with Gasteiger partial charge in [-0.1, -0.05) is 0 Å². The maximum absolute atomic E-state index is 11.4. The predicted octanol–water partition coefficient (Wildman–Crippen LogP) is -0.0306. The molecule has 0 bridgehead atoms. The highest BCUT2D eigenvalue weighted by atomic mass is 35.5. The first-order valence-electron chi connectivity index (χ1n) is 4.89. The Labute approximate surface area is 102 Å². The van der Waals surface area contributed by atoms with Gasteiger partial charge in [-0.15, -0.1) is 11.6 Å². The first-order chi connectivity index (χ1) is 7.18. The van der Waals surface area contributed by atoms with Crippen LogP contribution in [0.3, 0.4) is 0 Å². The van der Waals surface area contributed by atoms with E-state index in [1.54, 1.807) is 0 Å². The Morgan fingerprint density at radius 1 is 1.19 bits per heavy atom. The van der Waals surface area contributed by atoms with Crippen molar-refractivity contribution in [1.82, 2.24) is 4.72 Å². The van der Waals surface area contributed by atoms with Crippen LogP contribution in [0.25, 0.3) is 0 Å².